The van der Waals surface area contributed by atoms with E-state index >= 15 is 0 Å². The van der Waals surface area contributed by atoms with Crippen LogP contribution in [-0.2, 0) is 4.74 Å². The van der Waals surface area contributed by atoms with E-state index in [0.717, 1.165) is 0 Å². The molecule has 1 rings (SSSR count). The third-order valence-electron chi connectivity index (χ3n) is 0.698. The van der Waals surface area contributed by atoms with Crippen LogP contribution in [0.5, 0.6) is 0 Å². The molecule has 1 aliphatic rings. The molecule has 0 aromatic heterocycles. The van der Waals surface area contributed by atoms with E-state index in [9.17, 15) is 0 Å². The molecule has 1 heterocycles. The Hall–Kier alpha value is 1.05. The number of halogens is 3. The minimum Gasteiger partial charge on any atom is -0.372 e. The highest BCUT2D eigenvalue weighted by Gasteiger charge is 2.46. The standard InChI is InChI=1S/C2H3Cl3OSi/c3-7(4,5)2-1-6-2/h2H,1H2. The van der Waals surface area contributed by atoms with Gasteiger partial charge in [0.1, 0.15) is 5.73 Å². The van der Waals surface area contributed by atoms with E-state index in [1.807, 2.05) is 0 Å². The van der Waals surface area contributed by atoms with Gasteiger partial charge in [0.25, 0.3) is 0 Å². The van der Waals surface area contributed by atoms with Crippen molar-refractivity contribution in [3.8, 4) is 0 Å². The molecule has 5 heteroatoms. The summed E-state index contributed by atoms with van der Waals surface area (Å²) in [6.07, 6.45) is 0. The van der Waals surface area contributed by atoms with Gasteiger partial charge in [-0.15, -0.1) is 33.2 Å². The van der Waals surface area contributed by atoms with Crippen molar-refractivity contribution in [1.29, 1.82) is 0 Å². The van der Waals surface area contributed by atoms with Crippen molar-refractivity contribution in [2.24, 2.45) is 0 Å². The van der Waals surface area contributed by atoms with Crippen molar-refractivity contribution in [1.82, 2.24) is 0 Å². The van der Waals surface area contributed by atoms with Gasteiger partial charge in [0, 0.05) is 0 Å². The van der Waals surface area contributed by atoms with E-state index in [2.05, 4.69) is 0 Å². The molecule has 1 fully saturated rings. The van der Waals surface area contributed by atoms with Crippen LogP contribution in [0, 0.1) is 0 Å². The Morgan fingerprint density at radius 1 is 1.43 bits per heavy atom. The Morgan fingerprint density at radius 2 is 1.86 bits per heavy atom. The average molecular weight is 177 g/mol. The maximum atomic E-state index is 5.48. The second kappa shape index (κ2) is 1.78. The topological polar surface area (TPSA) is 12.5 Å². The van der Waals surface area contributed by atoms with Crippen molar-refractivity contribution in [3.63, 3.8) is 0 Å². The monoisotopic (exact) mass is 176 g/mol. The lowest BCUT2D eigenvalue weighted by molar-refractivity contribution is 0.454. The van der Waals surface area contributed by atoms with Crippen LogP contribution in [0.4, 0.5) is 0 Å². The molecule has 0 N–H and O–H groups in total. The minimum atomic E-state index is -2.43. The van der Waals surface area contributed by atoms with Gasteiger partial charge in [-0.3, -0.25) is 0 Å². The zero-order valence-corrected chi connectivity index (χ0v) is 6.59. The zero-order valence-electron chi connectivity index (χ0n) is 3.33. The Balaban J connectivity index is 2.36. The third-order valence-corrected chi connectivity index (χ3v) is 3.95. The molecule has 42 valence electrons. The van der Waals surface area contributed by atoms with Crippen molar-refractivity contribution in [3.05, 3.63) is 0 Å². The van der Waals surface area contributed by atoms with Crippen LogP contribution < -0.4 is 0 Å². The Bertz CT molecular complexity index is 75.5. The van der Waals surface area contributed by atoms with E-state index in [4.69, 9.17) is 38.0 Å². The van der Waals surface area contributed by atoms with Gasteiger partial charge in [0.05, 0.1) is 6.61 Å². The van der Waals surface area contributed by atoms with Gasteiger partial charge in [-0.1, -0.05) is 0 Å². The van der Waals surface area contributed by atoms with Gasteiger partial charge in [-0.05, 0) is 0 Å². The van der Waals surface area contributed by atoms with Gasteiger partial charge in [-0.25, -0.2) is 0 Å². The summed E-state index contributed by atoms with van der Waals surface area (Å²) in [4.78, 5) is 0. The molecule has 1 nitrogen and oxygen atoms in total. The van der Waals surface area contributed by atoms with Crippen molar-refractivity contribution in [2.75, 3.05) is 6.61 Å². The van der Waals surface area contributed by atoms with Gasteiger partial charge < -0.3 is 4.74 Å². The van der Waals surface area contributed by atoms with E-state index in [-0.39, 0.29) is 5.73 Å². The molecule has 1 unspecified atom stereocenters. The summed E-state index contributed by atoms with van der Waals surface area (Å²) in [7, 11) is 0. The molecule has 7 heavy (non-hydrogen) atoms. The molecule has 0 aliphatic carbocycles. The quantitative estimate of drug-likeness (QED) is 0.337. The van der Waals surface area contributed by atoms with Crippen molar-refractivity contribution >= 4 is 39.2 Å². The fraction of sp³-hybridized carbons (Fsp3) is 1.00. The van der Waals surface area contributed by atoms with Crippen LogP contribution in [0.3, 0.4) is 0 Å². The van der Waals surface area contributed by atoms with E-state index in [0.29, 0.717) is 6.61 Å². The lowest BCUT2D eigenvalue weighted by Crippen LogP contribution is -2.18. The second-order valence-electron chi connectivity index (χ2n) is 1.36. The first-order chi connectivity index (χ1) is 3.11. The molecular formula is C2H3Cl3OSi. The number of hydrogen-bond donors (Lipinski definition) is 0. The first-order valence-corrected chi connectivity index (χ1v) is 6.90. The molecule has 1 saturated heterocycles. The van der Waals surface area contributed by atoms with Gasteiger partial charge >= 0.3 is 6.00 Å². The zero-order chi connectivity index (χ0) is 5.49. The lowest BCUT2D eigenvalue weighted by Gasteiger charge is -1.98. The van der Waals surface area contributed by atoms with Crippen LogP contribution in [0.15, 0.2) is 0 Å². The van der Waals surface area contributed by atoms with Crippen LogP contribution in [0.25, 0.3) is 0 Å². The van der Waals surface area contributed by atoms with Crippen LogP contribution in [-0.4, -0.2) is 18.3 Å². The second-order valence-corrected chi connectivity index (χ2v) is 10.2. The predicted molar refractivity (Wildman–Crippen MR) is 33.1 cm³/mol. The SMILES string of the molecule is Cl[Si](Cl)(Cl)C1CO1. The molecule has 0 aromatic carbocycles. The van der Waals surface area contributed by atoms with Crippen LogP contribution in [0.2, 0.25) is 0 Å². The Labute approximate surface area is 56.6 Å². The van der Waals surface area contributed by atoms with E-state index in [1.54, 1.807) is 0 Å². The molecular weight excluding hydrogens is 174 g/mol. The lowest BCUT2D eigenvalue weighted by atomic mass is 11.0. The molecule has 0 radical (unpaired) electrons. The summed E-state index contributed by atoms with van der Waals surface area (Å²) >= 11 is 16.4. The Morgan fingerprint density at radius 3 is 1.86 bits per heavy atom. The third kappa shape index (κ3) is 1.78. The summed E-state index contributed by atoms with van der Waals surface area (Å²) in [5.74, 6) is 0. The number of ether oxygens (including phenoxy) is 1. The molecule has 1 aliphatic heterocycles. The Kier molecular flexibility index (Phi) is 1.57. The van der Waals surface area contributed by atoms with Gasteiger partial charge in [-0.2, -0.15) is 0 Å². The van der Waals surface area contributed by atoms with E-state index in [1.165, 1.54) is 0 Å². The summed E-state index contributed by atoms with van der Waals surface area (Å²) in [6.45, 7) is 0.642. The molecule has 0 saturated carbocycles. The normalized spacial score (nSPS) is 30.4. The van der Waals surface area contributed by atoms with Crippen molar-refractivity contribution in [2.45, 2.75) is 5.73 Å². The highest BCUT2D eigenvalue weighted by molar-refractivity contribution is 7.65. The molecule has 0 aromatic rings. The number of hydrogen-bond acceptors (Lipinski definition) is 1. The average Bonchev–Trinajstić information content (AvgIpc) is 1.99. The number of epoxide rings is 1. The first-order valence-electron chi connectivity index (χ1n) is 1.79. The highest BCUT2D eigenvalue weighted by atomic mass is 35.8. The molecule has 0 spiro atoms. The largest absolute Gasteiger partial charge is 0.372 e. The first kappa shape index (κ1) is 6.17. The minimum absolute atomic E-state index is 0.0162. The van der Waals surface area contributed by atoms with Crippen LogP contribution >= 0.6 is 33.2 Å². The highest BCUT2D eigenvalue weighted by Crippen LogP contribution is 2.33. The van der Waals surface area contributed by atoms with Crippen molar-refractivity contribution < 1.29 is 4.74 Å². The van der Waals surface area contributed by atoms with E-state index < -0.39 is 6.00 Å². The maximum absolute atomic E-state index is 5.48. The predicted octanol–water partition coefficient (Wildman–Crippen LogP) is 1.58. The maximum Gasteiger partial charge on any atom is 0.371 e. The van der Waals surface area contributed by atoms with Gasteiger partial charge in [0.2, 0.25) is 0 Å². The molecule has 0 amide bonds. The summed E-state index contributed by atoms with van der Waals surface area (Å²) < 4.78 is 4.74. The van der Waals surface area contributed by atoms with Crippen LogP contribution in [0.1, 0.15) is 0 Å². The molecule has 1 atom stereocenters. The summed E-state index contributed by atoms with van der Waals surface area (Å²) in [5, 5.41) is 0. The van der Waals surface area contributed by atoms with Gasteiger partial charge in [0.15, 0.2) is 0 Å². The number of rotatable bonds is 1. The smallest absolute Gasteiger partial charge is 0.371 e. The fourth-order valence-electron chi connectivity index (χ4n) is 0.237. The summed E-state index contributed by atoms with van der Waals surface area (Å²) in [6, 6.07) is -2.43. The fourth-order valence-corrected chi connectivity index (χ4v) is 1.85. The summed E-state index contributed by atoms with van der Waals surface area (Å²) in [5.41, 5.74) is -0.0162. The molecule has 0 bridgehead atoms.